The average molecular weight is 573 g/mol. The number of carbonyl (C=O) groups is 2. The van der Waals surface area contributed by atoms with E-state index in [1.807, 2.05) is 131 Å². The number of rotatable bonds is 10. The van der Waals surface area contributed by atoms with Crippen molar-refractivity contribution in [3.8, 4) is 11.4 Å². The Morgan fingerprint density at radius 2 is 0.930 bits per heavy atom. The van der Waals surface area contributed by atoms with Crippen LogP contribution in [0, 0.1) is 0 Å². The summed E-state index contributed by atoms with van der Waals surface area (Å²) in [5.74, 6) is -1.45. The first kappa shape index (κ1) is 28.0. The summed E-state index contributed by atoms with van der Waals surface area (Å²) in [7, 11) is 0. The SMILES string of the molecule is NCC(OC(=O)CC(=O)OC(CN)c1cn(-c2ccccc2)c2ccccc12)c1cn(-c2ccccc2)c2ccccc12. The van der Waals surface area contributed by atoms with E-state index in [0.29, 0.717) is 0 Å². The molecular weight excluding hydrogens is 540 g/mol. The number of nitrogens with two attached hydrogens (primary N) is 2. The molecular formula is C35H32N4O4. The number of para-hydroxylation sites is 4. The predicted octanol–water partition coefficient (Wildman–Crippen LogP) is 5.75. The molecule has 0 fully saturated rings. The van der Waals surface area contributed by atoms with Gasteiger partial charge in [0.05, 0.1) is 11.0 Å². The summed E-state index contributed by atoms with van der Waals surface area (Å²) < 4.78 is 15.6. The minimum Gasteiger partial charge on any atom is -0.456 e. The van der Waals surface area contributed by atoms with E-state index in [-0.39, 0.29) is 13.1 Å². The third-order valence-corrected chi connectivity index (χ3v) is 7.51. The van der Waals surface area contributed by atoms with Crippen LogP contribution < -0.4 is 11.5 Å². The van der Waals surface area contributed by atoms with Gasteiger partial charge in [0.1, 0.15) is 18.6 Å². The molecule has 4 N–H and O–H groups in total. The van der Waals surface area contributed by atoms with Crippen molar-refractivity contribution in [2.75, 3.05) is 13.1 Å². The van der Waals surface area contributed by atoms with Gasteiger partial charge in [0.2, 0.25) is 0 Å². The number of benzene rings is 4. The summed E-state index contributed by atoms with van der Waals surface area (Å²) in [6.45, 7) is 0.0992. The Labute approximate surface area is 249 Å². The monoisotopic (exact) mass is 572 g/mol. The fourth-order valence-electron chi connectivity index (χ4n) is 5.53. The van der Waals surface area contributed by atoms with Gasteiger partial charge in [-0.05, 0) is 36.4 Å². The molecule has 6 rings (SSSR count). The minimum atomic E-state index is -0.746. The lowest BCUT2D eigenvalue weighted by molar-refractivity contribution is -0.160. The van der Waals surface area contributed by atoms with Crippen molar-refractivity contribution in [1.82, 2.24) is 9.13 Å². The molecule has 43 heavy (non-hydrogen) atoms. The topological polar surface area (TPSA) is 114 Å². The van der Waals surface area contributed by atoms with Crippen molar-refractivity contribution in [2.24, 2.45) is 11.5 Å². The lowest BCUT2D eigenvalue weighted by atomic mass is 10.1. The molecule has 216 valence electrons. The molecule has 0 radical (unpaired) electrons. The Kier molecular flexibility index (Phi) is 8.04. The first-order valence-corrected chi connectivity index (χ1v) is 14.2. The van der Waals surface area contributed by atoms with Gasteiger partial charge in [-0.25, -0.2) is 0 Å². The van der Waals surface area contributed by atoms with Gasteiger partial charge in [0.15, 0.2) is 0 Å². The zero-order valence-corrected chi connectivity index (χ0v) is 23.5. The molecule has 0 spiro atoms. The second-order valence-corrected chi connectivity index (χ2v) is 10.2. The highest BCUT2D eigenvalue weighted by Crippen LogP contribution is 2.32. The number of carbonyl (C=O) groups excluding carboxylic acids is 2. The molecule has 6 aromatic rings. The van der Waals surface area contributed by atoms with Crippen molar-refractivity contribution in [3.63, 3.8) is 0 Å². The molecule has 2 atom stereocenters. The summed E-state index contributed by atoms with van der Waals surface area (Å²) in [5.41, 5.74) is 17.5. The van der Waals surface area contributed by atoms with Crippen LogP contribution >= 0.6 is 0 Å². The Bertz CT molecular complexity index is 1740. The molecule has 2 heterocycles. The fraction of sp³-hybridized carbons (Fsp3) is 0.143. The number of hydrogen-bond acceptors (Lipinski definition) is 6. The minimum absolute atomic E-state index is 0.0496. The molecule has 0 aliphatic heterocycles. The molecule has 0 amide bonds. The van der Waals surface area contributed by atoms with E-state index < -0.39 is 30.6 Å². The van der Waals surface area contributed by atoms with Gasteiger partial charge in [-0.2, -0.15) is 0 Å². The zero-order valence-electron chi connectivity index (χ0n) is 23.5. The van der Waals surface area contributed by atoms with Crippen molar-refractivity contribution in [3.05, 3.63) is 133 Å². The van der Waals surface area contributed by atoms with E-state index in [4.69, 9.17) is 20.9 Å². The highest BCUT2D eigenvalue weighted by atomic mass is 16.6. The second kappa shape index (κ2) is 12.4. The molecule has 0 aliphatic rings. The third kappa shape index (κ3) is 5.66. The number of nitrogens with zero attached hydrogens (tertiary/aromatic N) is 2. The van der Waals surface area contributed by atoms with Crippen LogP contribution in [-0.4, -0.2) is 34.2 Å². The van der Waals surface area contributed by atoms with E-state index in [2.05, 4.69) is 0 Å². The van der Waals surface area contributed by atoms with E-state index in [1.54, 1.807) is 0 Å². The number of fused-ring (bicyclic) bond motifs is 2. The number of aromatic nitrogens is 2. The van der Waals surface area contributed by atoms with E-state index >= 15 is 0 Å². The maximum atomic E-state index is 13.0. The summed E-state index contributed by atoms with van der Waals surface area (Å²) in [6, 6.07) is 35.5. The lowest BCUT2D eigenvalue weighted by Crippen LogP contribution is -2.24. The molecule has 2 unspecified atom stereocenters. The first-order valence-electron chi connectivity index (χ1n) is 14.2. The van der Waals surface area contributed by atoms with Gasteiger partial charge >= 0.3 is 11.9 Å². The predicted molar refractivity (Wildman–Crippen MR) is 167 cm³/mol. The van der Waals surface area contributed by atoms with Gasteiger partial charge in [-0.15, -0.1) is 0 Å². The van der Waals surface area contributed by atoms with Gasteiger partial charge in [0.25, 0.3) is 0 Å². The second-order valence-electron chi connectivity index (χ2n) is 10.2. The van der Waals surface area contributed by atoms with Crippen LogP contribution in [0.1, 0.15) is 29.8 Å². The first-order chi connectivity index (χ1) is 21.1. The van der Waals surface area contributed by atoms with Gasteiger partial charge in [-0.3, -0.25) is 9.59 Å². The van der Waals surface area contributed by atoms with Gasteiger partial charge < -0.3 is 30.1 Å². The van der Waals surface area contributed by atoms with Crippen LogP contribution in [0.25, 0.3) is 33.2 Å². The molecule has 2 aromatic heterocycles. The lowest BCUT2D eigenvalue weighted by Gasteiger charge is -2.18. The zero-order chi connectivity index (χ0) is 29.8. The fourth-order valence-corrected chi connectivity index (χ4v) is 5.53. The van der Waals surface area contributed by atoms with Crippen LogP contribution in [0.15, 0.2) is 122 Å². The average Bonchev–Trinajstić information content (AvgIpc) is 3.63. The molecule has 0 saturated carbocycles. The van der Waals surface area contributed by atoms with E-state index in [0.717, 1.165) is 44.3 Å². The highest BCUT2D eigenvalue weighted by Gasteiger charge is 2.26. The molecule has 8 heteroatoms. The number of hydrogen-bond donors (Lipinski definition) is 2. The van der Waals surface area contributed by atoms with Crippen LogP contribution in [-0.2, 0) is 19.1 Å². The summed E-state index contributed by atoms with van der Waals surface area (Å²) in [5, 5.41) is 1.82. The summed E-state index contributed by atoms with van der Waals surface area (Å²) in [6.07, 6.45) is 1.79. The Morgan fingerprint density at radius 1 is 0.558 bits per heavy atom. The Morgan fingerprint density at radius 3 is 1.33 bits per heavy atom. The normalized spacial score (nSPS) is 12.7. The van der Waals surface area contributed by atoms with Crippen molar-refractivity contribution in [1.29, 1.82) is 0 Å². The maximum Gasteiger partial charge on any atom is 0.317 e. The van der Waals surface area contributed by atoms with E-state index in [9.17, 15) is 9.59 Å². The largest absolute Gasteiger partial charge is 0.456 e. The van der Waals surface area contributed by atoms with Gasteiger partial charge in [0, 0.05) is 58.8 Å². The molecule has 0 saturated heterocycles. The molecule has 4 aromatic carbocycles. The smallest absolute Gasteiger partial charge is 0.317 e. The quantitative estimate of drug-likeness (QED) is 0.160. The van der Waals surface area contributed by atoms with Crippen molar-refractivity contribution in [2.45, 2.75) is 18.6 Å². The molecule has 0 bridgehead atoms. The van der Waals surface area contributed by atoms with Crippen LogP contribution in [0.3, 0.4) is 0 Å². The summed E-state index contributed by atoms with van der Waals surface area (Å²) in [4.78, 5) is 26.0. The van der Waals surface area contributed by atoms with E-state index in [1.165, 1.54) is 0 Å². The van der Waals surface area contributed by atoms with Crippen LogP contribution in [0.2, 0.25) is 0 Å². The summed E-state index contributed by atoms with van der Waals surface area (Å²) >= 11 is 0. The third-order valence-electron chi connectivity index (χ3n) is 7.51. The van der Waals surface area contributed by atoms with Crippen LogP contribution in [0.4, 0.5) is 0 Å². The standard InChI is InChI=1S/C35H32N4O4/c36-20-32(28-22-38(24-11-3-1-4-12-24)30-17-9-7-15-26(28)30)42-34(40)19-35(41)43-33(21-37)29-23-39(25-13-5-2-6-14-25)31-18-10-8-16-27(29)31/h1-18,22-23,32-33H,19-21,36-37H2. The highest BCUT2D eigenvalue weighted by molar-refractivity contribution is 5.92. The number of ether oxygens (including phenoxy) is 2. The van der Waals surface area contributed by atoms with Crippen molar-refractivity contribution < 1.29 is 19.1 Å². The Hall–Kier alpha value is -5.18. The Balaban J connectivity index is 1.19. The van der Waals surface area contributed by atoms with Crippen LogP contribution in [0.5, 0.6) is 0 Å². The number of esters is 2. The van der Waals surface area contributed by atoms with Crippen molar-refractivity contribution >= 4 is 33.7 Å². The molecule has 0 aliphatic carbocycles. The maximum absolute atomic E-state index is 13.0. The molecule has 8 nitrogen and oxygen atoms in total. The van der Waals surface area contributed by atoms with Gasteiger partial charge in [-0.1, -0.05) is 72.8 Å².